The summed E-state index contributed by atoms with van der Waals surface area (Å²) >= 11 is 0. The average Bonchev–Trinajstić information content (AvgIpc) is 2.45. The molecule has 0 radical (unpaired) electrons. The molecular weight excluding hydrogens is 277 g/mol. The first-order valence-corrected chi connectivity index (χ1v) is 6.38. The van der Waals surface area contributed by atoms with Crippen LogP contribution in [0.25, 0.3) is 10.8 Å². The molecule has 0 aromatic heterocycles. The molecule has 0 heterocycles. The summed E-state index contributed by atoms with van der Waals surface area (Å²) in [4.78, 5) is 0. The Kier molecular flexibility index (Phi) is 3.39. The smallest absolute Gasteiger partial charge is 0.135 e. The van der Waals surface area contributed by atoms with Crippen molar-refractivity contribution >= 4 is 10.8 Å². The monoisotopic (exact) mass is 288 g/mol. The molecule has 0 bridgehead atoms. The first kappa shape index (κ1) is 13.6. The van der Waals surface area contributed by atoms with E-state index in [4.69, 9.17) is 0 Å². The lowest BCUT2D eigenvalue weighted by atomic mass is 9.95. The van der Waals surface area contributed by atoms with Crippen molar-refractivity contribution in [3.05, 3.63) is 83.2 Å². The Bertz CT molecular complexity index is 786. The van der Waals surface area contributed by atoms with Gasteiger partial charge in [0.2, 0.25) is 0 Å². The first-order chi connectivity index (χ1) is 10.1. The van der Waals surface area contributed by atoms with Gasteiger partial charge in [-0.1, -0.05) is 42.5 Å². The van der Waals surface area contributed by atoms with Gasteiger partial charge in [-0.25, -0.2) is 13.2 Å². The Morgan fingerprint density at radius 1 is 0.810 bits per heavy atom. The third kappa shape index (κ3) is 2.38. The highest BCUT2D eigenvalue weighted by Gasteiger charge is 2.22. The fourth-order valence-corrected chi connectivity index (χ4v) is 2.46. The maximum Gasteiger partial charge on any atom is 0.135 e. The molecule has 0 aliphatic rings. The summed E-state index contributed by atoms with van der Waals surface area (Å²) in [6.45, 7) is 0. The summed E-state index contributed by atoms with van der Waals surface area (Å²) < 4.78 is 40.6. The van der Waals surface area contributed by atoms with Crippen LogP contribution in [0.2, 0.25) is 0 Å². The normalized spacial score (nSPS) is 12.6. The van der Waals surface area contributed by atoms with E-state index in [1.807, 2.05) is 18.2 Å². The molecule has 0 aliphatic heterocycles. The summed E-state index contributed by atoms with van der Waals surface area (Å²) in [5, 5.41) is 11.9. The molecule has 21 heavy (non-hydrogen) atoms. The van der Waals surface area contributed by atoms with Crippen LogP contribution >= 0.6 is 0 Å². The van der Waals surface area contributed by atoms with Crippen molar-refractivity contribution in [3.8, 4) is 0 Å². The fraction of sp³-hybridized carbons (Fsp3) is 0.0588. The van der Waals surface area contributed by atoms with E-state index in [0.717, 1.165) is 5.39 Å². The topological polar surface area (TPSA) is 20.2 Å². The van der Waals surface area contributed by atoms with E-state index in [9.17, 15) is 18.3 Å². The average molecular weight is 288 g/mol. The maximum atomic E-state index is 13.8. The Balaban J connectivity index is 2.20. The number of rotatable bonds is 2. The molecule has 4 heteroatoms. The number of aliphatic hydroxyl groups is 1. The highest BCUT2D eigenvalue weighted by atomic mass is 19.1. The molecule has 3 aromatic rings. The highest BCUT2D eigenvalue weighted by Crippen LogP contribution is 2.32. The summed E-state index contributed by atoms with van der Waals surface area (Å²) in [5.74, 6) is -3.22. The van der Waals surface area contributed by atoms with Crippen LogP contribution in [0.3, 0.4) is 0 Å². The molecule has 0 saturated carbocycles. The third-order valence-corrected chi connectivity index (χ3v) is 3.44. The SMILES string of the molecule is OC(c1c(F)cc(F)cc1F)c1cccc2ccccc12. The second-order valence-electron chi connectivity index (χ2n) is 4.75. The van der Waals surface area contributed by atoms with E-state index in [1.54, 1.807) is 24.3 Å². The van der Waals surface area contributed by atoms with Crippen molar-refractivity contribution in [2.24, 2.45) is 0 Å². The lowest BCUT2D eigenvalue weighted by Crippen LogP contribution is -2.07. The van der Waals surface area contributed by atoms with Crippen molar-refractivity contribution in [2.75, 3.05) is 0 Å². The van der Waals surface area contributed by atoms with Crippen LogP contribution in [0.4, 0.5) is 13.2 Å². The van der Waals surface area contributed by atoms with Gasteiger partial charge in [0.1, 0.15) is 23.6 Å². The van der Waals surface area contributed by atoms with Crippen molar-refractivity contribution < 1.29 is 18.3 Å². The zero-order valence-corrected chi connectivity index (χ0v) is 10.9. The molecule has 106 valence electrons. The summed E-state index contributed by atoms with van der Waals surface area (Å²) in [6.07, 6.45) is -1.50. The molecule has 1 nitrogen and oxygen atoms in total. The van der Waals surface area contributed by atoms with Gasteiger partial charge < -0.3 is 5.11 Å². The molecule has 3 rings (SSSR count). The molecule has 0 fully saturated rings. The lowest BCUT2D eigenvalue weighted by Gasteiger charge is -2.15. The summed E-state index contributed by atoms with van der Waals surface area (Å²) in [5.41, 5.74) is -0.176. The van der Waals surface area contributed by atoms with Crippen LogP contribution in [-0.4, -0.2) is 5.11 Å². The van der Waals surface area contributed by atoms with Gasteiger partial charge in [0.15, 0.2) is 0 Å². The zero-order chi connectivity index (χ0) is 15.0. The van der Waals surface area contributed by atoms with Crippen molar-refractivity contribution in [3.63, 3.8) is 0 Å². The predicted molar refractivity (Wildman–Crippen MR) is 74.3 cm³/mol. The van der Waals surface area contributed by atoms with Gasteiger partial charge in [0, 0.05) is 12.1 Å². The van der Waals surface area contributed by atoms with Crippen LogP contribution in [-0.2, 0) is 0 Å². The van der Waals surface area contributed by atoms with Crippen LogP contribution in [0.5, 0.6) is 0 Å². The molecule has 0 aliphatic carbocycles. The summed E-state index contributed by atoms with van der Waals surface area (Å²) in [7, 11) is 0. The van der Waals surface area contributed by atoms with E-state index in [0.29, 0.717) is 23.1 Å². The molecule has 0 spiro atoms. The lowest BCUT2D eigenvalue weighted by molar-refractivity contribution is 0.210. The fourth-order valence-electron chi connectivity index (χ4n) is 2.46. The van der Waals surface area contributed by atoms with Gasteiger partial charge in [-0.2, -0.15) is 0 Å². The van der Waals surface area contributed by atoms with Crippen LogP contribution in [0, 0.1) is 17.5 Å². The first-order valence-electron chi connectivity index (χ1n) is 6.38. The third-order valence-electron chi connectivity index (χ3n) is 3.44. The second-order valence-corrected chi connectivity index (χ2v) is 4.75. The quantitative estimate of drug-likeness (QED) is 0.743. The number of benzene rings is 3. The molecule has 3 aromatic carbocycles. The predicted octanol–water partition coefficient (Wildman–Crippen LogP) is 4.34. The minimum atomic E-state index is -1.50. The van der Waals surface area contributed by atoms with Crippen LogP contribution in [0.1, 0.15) is 17.2 Å². The minimum Gasteiger partial charge on any atom is -0.383 e. The van der Waals surface area contributed by atoms with Crippen molar-refractivity contribution in [2.45, 2.75) is 6.10 Å². The standard InChI is InChI=1S/C17H11F3O/c18-11-8-14(19)16(15(20)9-11)17(21)13-7-3-5-10-4-1-2-6-12(10)13/h1-9,17,21H. The number of aliphatic hydroxyl groups excluding tert-OH is 1. The zero-order valence-electron chi connectivity index (χ0n) is 10.9. The van der Waals surface area contributed by atoms with E-state index in [2.05, 4.69) is 0 Å². The molecular formula is C17H11F3O. The number of halogens is 3. The van der Waals surface area contributed by atoms with Gasteiger partial charge in [-0.05, 0) is 16.3 Å². The number of hydrogen-bond donors (Lipinski definition) is 1. The van der Waals surface area contributed by atoms with Gasteiger partial charge in [-0.3, -0.25) is 0 Å². The Morgan fingerprint density at radius 2 is 1.43 bits per heavy atom. The molecule has 1 unspecified atom stereocenters. The Hall–Kier alpha value is -2.33. The van der Waals surface area contributed by atoms with Crippen LogP contribution in [0.15, 0.2) is 54.6 Å². The van der Waals surface area contributed by atoms with Crippen LogP contribution < -0.4 is 0 Å². The highest BCUT2D eigenvalue weighted by molar-refractivity contribution is 5.86. The molecule has 1 N–H and O–H groups in total. The van der Waals surface area contributed by atoms with E-state index in [1.165, 1.54) is 0 Å². The summed E-state index contributed by atoms with van der Waals surface area (Å²) in [6, 6.07) is 13.4. The molecule has 1 atom stereocenters. The van der Waals surface area contributed by atoms with Crippen molar-refractivity contribution in [1.29, 1.82) is 0 Å². The number of hydrogen-bond acceptors (Lipinski definition) is 1. The van der Waals surface area contributed by atoms with E-state index < -0.39 is 29.1 Å². The largest absolute Gasteiger partial charge is 0.383 e. The minimum absolute atomic E-state index is 0.373. The molecule has 0 saturated heterocycles. The Labute approximate surface area is 119 Å². The van der Waals surface area contributed by atoms with Gasteiger partial charge in [0.05, 0.1) is 5.56 Å². The van der Waals surface area contributed by atoms with E-state index in [-0.39, 0.29) is 0 Å². The van der Waals surface area contributed by atoms with Gasteiger partial charge in [0.25, 0.3) is 0 Å². The second kappa shape index (κ2) is 5.22. The van der Waals surface area contributed by atoms with Gasteiger partial charge in [-0.15, -0.1) is 0 Å². The Morgan fingerprint density at radius 3 is 2.14 bits per heavy atom. The molecule has 0 amide bonds. The van der Waals surface area contributed by atoms with Crippen molar-refractivity contribution in [1.82, 2.24) is 0 Å². The number of fused-ring (bicyclic) bond motifs is 1. The van der Waals surface area contributed by atoms with E-state index >= 15 is 0 Å². The van der Waals surface area contributed by atoms with Gasteiger partial charge >= 0.3 is 0 Å². The maximum absolute atomic E-state index is 13.8.